The Morgan fingerprint density at radius 1 is 1.16 bits per heavy atom. The molecule has 1 N–H and O–H groups in total. The first-order valence-electron chi connectivity index (χ1n) is 12.3. The molecule has 0 aliphatic rings. The fraction of sp³-hybridized carbons (Fsp3) is 0.241. The van der Waals surface area contributed by atoms with Crippen molar-refractivity contribution in [1.29, 1.82) is 0 Å². The molecule has 0 fully saturated rings. The van der Waals surface area contributed by atoms with Gasteiger partial charge in [0.2, 0.25) is 0 Å². The van der Waals surface area contributed by atoms with E-state index in [0.717, 1.165) is 41.1 Å². The summed E-state index contributed by atoms with van der Waals surface area (Å²) in [5, 5.41) is 1.99. The first-order valence-corrected chi connectivity index (χ1v) is 13.6. The number of rotatable bonds is 7. The summed E-state index contributed by atoms with van der Waals surface area (Å²) in [6.45, 7) is 6.15. The van der Waals surface area contributed by atoms with Crippen LogP contribution in [0.1, 0.15) is 50.8 Å². The summed E-state index contributed by atoms with van der Waals surface area (Å²) in [6, 6.07) is 10.8. The Bertz CT molecular complexity index is 1930. The third-order valence-electron chi connectivity index (χ3n) is 6.68. The molecule has 7 nitrogen and oxygen atoms in total. The van der Waals surface area contributed by atoms with Crippen LogP contribution in [-0.2, 0) is 16.9 Å². The van der Waals surface area contributed by atoms with Crippen LogP contribution >= 0.6 is 0 Å². The summed E-state index contributed by atoms with van der Waals surface area (Å²) < 4.78 is 41.8. The fourth-order valence-electron chi connectivity index (χ4n) is 5.06. The van der Waals surface area contributed by atoms with Crippen molar-refractivity contribution in [1.82, 2.24) is 14.5 Å². The number of halogens is 1. The van der Waals surface area contributed by atoms with E-state index < -0.39 is 10.5 Å². The standard InChI is InChI=1S/C29H26FN3O4S/c1-5-7-8-19-13-24-26(14-23(19)20-12-21(16-31-15-20)37-38(30,35)36)33(17(3)4)29-27(28(24)34)22-10-9-18(6-2)11-25(22)32-29/h2,9-17,32H,5,7-8H2,1,3-4H3. The monoisotopic (exact) mass is 531 g/mol. The van der Waals surface area contributed by atoms with Gasteiger partial charge in [-0.25, -0.2) is 0 Å². The minimum Gasteiger partial charge on any atom is -0.357 e. The summed E-state index contributed by atoms with van der Waals surface area (Å²) in [6.07, 6.45) is 10.8. The Labute approximate surface area is 219 Å². The Balaban J connectivity index is 1.87. The van der Waals surface area contributed by atoms with Crippen LogP contribution in [0.3, 0.4) is 0 Å². The van der Waals surface area contributed by atoms with Gasteiger partial charge in [-0.05, 0) is 68.1 Å². The third-order valence-corrected chi connectivity index (χ3v) is 7.07. The largest absolute Gasteiger partial charge is 0.488 e. The van der Waals surface area contributed by atoms with Gasteiger partial charge in [0.05, 0.1) is 17.1 Å². The summed E-state index contributed by atoms with van der Waals surface area (Å²) in [5.41, 5.74) is 5.03. The quantitative estimate of drug-likeness (QED) is 0.199. The van der Waals surface area contributed by atoms with E-state index in [1.54, 1.807) is 6.20 Å². The SMILES string of the molecule is C#Cc1ccc2c(c1)[nH]c1c2c(=O)c2cc(CCCC)c(-c3cncc(OS(=O)(=O)F)c3)cc2n1C(C)C. The summed E-state index contributed by atoms with van der Waals surface area (Å²) >= 11 is 0. The molecule has 3 heterocycles. The Morgan fingerprint density at radius 3 is 2.63 bits per heavy atom. The molecule has 5 rings (SSSR count). The van der Waals surface area contributed by atoms with Crippen LogP contribution in [0.4, 0.5) is 3.89 Å². The molecule has 2 aromatic carbocycles. The summed E-state index contributed by atoms with van der Waals surface area (Å²) in [7, 11) is -5.20. The number of pyridine rings is 2. The van der Waals surface area contributed by atoms with Crippen molar-refractivity contribution in [2.24, 2.45) is 0 Å². The van der Waals surface area contributed by atoms with Crippen molar-refractivity contribution < 1.29 is 16.5 Å². The lowest BCUT2D eigenvalue weighted by molar-refractivity contribution is 0.439. The molecule has 194 valence electrons. The van der Waals surface area contributed by atoms with E-state index in [1.165, 1.54) is 6.07 Å². The van der Waals surface area contributed by atoms with E-state index >= 15 is 0 Å². The van der Waals surface area contributed by atoms with Gasteiger partial charge in [-0.1, -0.05) is 29.2 Å². The van der Waals surface area contributed by atoms with Gasteiger partial charge >= 0.3 is 10.5 Å². The highest BCUT2D eigenvalue weighted by molar-refractivity contribution is 7.81. The zero-order valence-electron chi connectivity index (χ0n) is 21.2. The topological polar surface area (TPSA) is 94.1 Å². The maximum Gasteiger partial charge on any atom is 0.488 e. The van der Waals surface area contributed by atoms with Crippen molar-refractivity contribution in [3.05, 3.63) is 70.1 Å². The normalized spacial score (nSPS) is 12.0. The molecule has 0 amide bonds. The molecule has 9 heteroatoms. The maximum atomic E-state index is 14.0. The van der Waals surface area contributed by atoms with Crippen LogP contribution in [0.15, 0.2) is 53.6 Å². The van der Waals surface area contributed by atoms with E-state index in [-0.39, 0.29) is 17.2 Å². The van der Waals surface area contributed by atoms with E-state index in [4.69, 9.17) is 6.42 Å². The number of nitrogens with one attached hydrogen (secondary N) is 1. The van der Waals surface area contributed by atoms with Gasteiger partial charge < -0.3 is 13.7 Å². The van der Waals surface area contributed by atoms with Crippen LogP contribution in [0, 0.1) is 12.3 Å². The second-order valence-electron chi connectivity index (χ2n) is 9.56. The molecule has 0 bridgehead atoms. The molecular weight excluding hydrogens is 505 g/mol. The van der Waals surface area contributed by atoms with Gasteiger partial charge in [0.15, 0.2) is 11.2 Å². The molecule has 3 aromatic heterocycles. The highest BCUT2D eigenvalue weighted by Gasteiger charge is 2.21. The van der Waals surface area contributed by atoms with Crippen LogP contribution in [0.5, 0.6) is 5.75 Å². The molecule has 0 atom stereocenters. The number of benzene rings is 2. The number of unbranched alkanes of at least 4 members (excludes halogenated alkanes) is 1. The molecule has 0 aliphatic carbocycles. The molecule has 0 radical (unpaired) electrons. The van der Waals surface area contributed by atoms with Crippen molar-refractivity contribution in [3.8, 4) is 29.2 Å². The zero-order valence-corrected chi connectivity index (χ0v) is 22.0. The van der Waals surface area contributed by atoms with E-state index in [9.17, 15) is 17.1 Å². The summed E-state index contributed by atoms with van der Waals surface area (Å²) in [4.78, 5) is 21.4. The average Bonchev–Trinajstić information content (AvgIpc) is 3.24. The average molecular weight is 532 g/mol. The van der Waals surface area contributed by atoms with Crippen LogP contribution in [0.2, 0.25) is 0 Å². The molecule has 0 saturated carbocycles. The number of H-pyrrole nitrogens is 1. The second kappa shape index (κ2) is 9.62. The number of nitrogens with zero attached hydrogens (tertiary/aromatic N) is 2. The number of terminal acetylenes is 1. The molecule has 0 aliphatic heterocycles. The summed E-state index contributed by atoms with van der Waals surface area (Å²) in [5.74, 6) is 2.40. The van der Waals surface area contributed by atoms with Crippen molar-refractivity contribution >= 4 is 43.3 Å². The van der Waals surface area contributed by atoms with Gasteiger partial charge in [-0.15, -0.1) is 6.42 Å². The fourth-order valence-corrected chi connectivity index (χ4v) is 5.38. The van der Waals surface area contributed by atoms with Crippen LogP contribution in [0.25, 0.3) is 44.0 Å². The minimum atomic E-state index is -5.20. The molecule has 0 saturated heterocycles. The lowest BCUT2D eigenvalue weighted by Gasteiger charge is -2.19. The third kappa shape index (κ3) is 4.52. The predicted molar refractivity (Wildman–Crippen MR) is 148 cm³/mol. The van der Waals surface area contributed by atoms with E-state index in [0.29, 0.717) is 39.5 Å². The zero-order chi connectivity index (χ0) is 27.2. The number of hydrogen-bond acceptors (Lipinski definition) is 5. The van der Waals surface area contributed by atoms with Crippen LogP contribution < -0.4 is 9.61 Å². The molecule has 38 heavy (non-hydrogen) atoms. The van der Waals surface area contributed by atoms with Gasteiger partial charge in [-0.2, -0.15) is 8.42 Å². The number of aryl methyl sites for hydroxylation is 1. The van der Waals surface area contributed by atoms with Crippen molar-refractivity contribution in [2.45, 2.75) is 46.1 Å². The van der Waals surface area contributed by atoms with Crippen molar-refractivity contribution in [2.75, 3.05) is 0 Å². The maximum absolute atomic E-state index is 14.0. The Morgan fingerprint density at radius 2 is 1.95 bits per heavy atom. The lowest BCUT2D eigenvalue weighted by atomic mass is 9.94. The highest BCUT2D eigenvalue weighted by atomic mass is 32.3. The van der Waals surface area contributed by atoms with Crippen molar-refractivity contribution in [3.63, 3.8) is 0 Å². The molecule has 0 spiro atoms. The number of aromatic amines is 1. The molecule has 0 unspecified atom stereocenters. The van der Waals surface area contributed by atoms with Gasteiger partial charge in [0.25, 0.3) is 0 Å². The van der Waals surface area contributed by atoms with E-state index in [1.807, 2.05) is 44.2 Å². The minimum absolute atomic E-state index is 0.0143. The van der Waals surface area contributed by atoms with Gasteiger partial charge in [0, 0.05) is 39.7 Å². The van der Waals surface area contributed by atoms with E-state index in [2.05, 4.69) is 31.6 Å². The van der Waals surface area contributed by atoms with Gasteiger partial charge in [0.1, 0.15) is 5.65 Å². The number of aromatic nitrogens is 3. The molecule has 5 aromatic rings. The first kappa shape index (κ1) is 25.5. The smallest absolute Gasteiger partial charge is 0.357 e. The Kier molecular flexibility index (Phi) is 6.45. The lowest BCUT2D eigenvalue weighted by Crippen LogP contribution is -2.13. The van der Waals surface area contributed by atoms with Crippen LogP contribution in [-0.4, -0.2) is 23.0 Å². The second-order valence-corrected chi connectivity index (χ2v) is 10.5. The predicted octanol–water partition coefficient (Wildman–Crippen LogP) is 6.20. The number of fused-ring (bicyclic) bond motifs is 4. The highest BCUT2D eigenvalue weighted by Crippen LogP contribution is 2.35. The number of hydrogen-bond donors (Lipinski definition) is 1. The Hall–Kier alpha value is -4.16. The first-order chi connectivity index (χ1) is 18.1. The van der Waals surface area contributed by atoms with Gasteiger partial charge in [-0.3, -0.25) is 9.78 Å². The molecular formula is C29H26FN3O4S.